The fraction of sp³-hybridized carbons (Fsp3) is 0.882. The van der Waals surface area contributed by atoms with E-state index in [2.05, 4.69) is 10.3 Å². The van der Waals surface area contributed by atoms with Gasteiger partial charge in [0.2, 0.25) is 0 Å². The number of carbonyl (C=O) groups is 1. The zero-order valence-electron chi connectivity index (χ0n) is 15.5. The summed E-state index contributed by atoms with van der Waals surface area (Å²) in [6.45, 7) is 9.81. The maximum absolute atomic E-state index is 12.1. The van der Waals surface area contributed by atoms with Crippen molar-refractivity contribution in [2.24, 2.45) is 16.6 Å². The first-order valence-corrected chi connectivity index (χ1v) is 8.69. The van der Waals surface area contributed by atoms with Gasteiger partial charge in [-0.3, -0.25) is 9.79 Å². The van der Waals surface area contributed by atoms with E-state index < -0.39 is 5.60 Å². The largest absolute Gasteiger partial charge is 0.460 e. The van der Waals surface area contributed by atoms with Crippen LogP contribution in [0, 0.1) is 5.92 Å². The molecule has 0 aromatic carbocycles. The van der Waals surface area contributed by atoms with Gasteiger partial charge in [0, 0.05) is 25.8 Å². The molecule has 0 spiro atoms. The second-order valence-corrected chi connectivity index (χ2v) is 7.04. The maximum atomic E-state index is 12.1. The Balaban J connectivity index is 0.00000529. The number of nitrogens with one attached hydrogen (secondary N) is 1. The number of carbonyl (C=O) groups excluding carboxylic acids is 1. The van der Waals surface area contributed by atoms with Crippen LogP contribution in [-0.4, -0.2) is 43.3 Å². The van der Waals surface area contributed by atoms with E-state index >= 15 is 0 Å². The molecule has 0 atom stereocenters. The van der Waals surface area contributed by atoms with E-state index in [4.69, 9.17) is 15.2 Å². The second kappa shape index (κ2) is 11.9. The molecule has 0 heterocycles. The molecule has 1 aliphatic carbocycles. The average molecular weight is 455 g/mol. The number of guanidine groups is 1. The number of hydrogen-bond donors (Lipinski definition) is 2. The Bertz CT molecular complexity index is 389. The summed E-state index contributed by atoms with van der Waals surface area (Å²) < 4.78 is 10.7. The molecule has 7 heteroatoms. The summed E-state index contributed by atoms with van der Waals surface area (Å²) in [4.78, 5) is 16.4. The quantitative estimate of drug-likeness (QED) is 0.203. The maximum Gasteiger partial charge on any atom is 0.309 e. The predicted molar refractivity (Wildman–Crippen MR) is 108 cm³/mol. The zero-order chi connectivity index (χ0) is 17.3. The van der Waals surface area contributed by atoms with E-state index in [0.29, 0.717) is 25.2 Å². The number of halogens is 1. The molecule has 1 rings (SSSR count). The smallest absolute Gasteiger partial charge is 0.309 e. The van der Waals surface area contributed by atoms with Crippen molar-refractivity contribution in [3.8, 4) is 0 Å². The Kier molecular flexibility index (Phi) is 11.6. The van der Waals surface area contributed by atoms with Crippen molar-refractivity contribution in [1.82, 2.24) is 5.32 Å². The van der Waals surface area contributed by atoms with Crippen LogP contribution in [0.15, 0.2) is 4.99 Å². The van der Waals surface area contributed by atoms with Crippen molar-refractivity contribution < 1.29 is 14.3 Å². The van der Waals surface area contributed by atoms with Crippen LogP contribution in [-0.2, 0) is 14.3 Å². The third-order valence-electron chi connectivity index (χ3n) is 3.75. The minimum atomic E-state index is -0.412. The van der Waals surface area contributed by atoms with Crippen molar-refractivity contribution in [3.05, 3.63) is 0 Å². The highest BCUT2D eigenvalue weighted by atomic mass is 127. The Hall–Kier alpha value is -0.570. The van der Waals surface area contributed by atoms with Crippen LogP contribution >= 0.6 is 24.0 Å². The van der Waals surface area contributed by atoms with Gasteiger partial charge in [0.1, 0.15) is 5.60 Å². The van der Waals surface area contributed by atoms with E-state index in [1.807, 2.05) is 27.7 Å². The highest BCUT2D eigenvalue weighted by Gasteiger charge is 2.29. The molecule has 0 aromatic heterocycles. The van der Waals surface area contributed by atoms with Gasteiger partial charge < -0.3 is 20.5 Å². The lowest BCUT2D eigenvalue weighted by Crippen LogP contribution is -2.43. The predicted octanol–water partition coefficient (Wildman–Crippen LogP) is 2.84. The van der Waals surface area contributed by atoms with Gasteiger partial charge >= 0.3 is 5.97 Å². The molecule has 0 saturated heterocycles. The number of hydrogen-bond acceptors (Lipinski definition) is 4. The first-order chi connectivity index (χ1) is 10.8. The number of rotatable bonds is 7. The molecule has 6 nitrogen and oxygen atoms in total. The summed E-state index contributed by atoms with van der Waals surface area (Å²) in [6.07, 6.45) is 4.38. The topological polar surface area (TPSA) is 85.9 Å². The van der Waals surface area contributed by atoms with Crippen molar-refractivity contribution in [1.29, 1.82) is 0 Å². The molecule has 142 valence electrons. The van der Waals surface area contributed by atoms with Crippen LogP contribution in [0.1, 0.15) is 59.8 Å². The van der Waals surface area contributed by atoms with Gasteiger partial charge in [0.15, 0.2) is 5.96 Å². The molecular formula is C17H34IN3O3. The van der Waals surface area contributed by atoms with Crippen molar-refractivity contribution >= 4 is 35.9 Å². The first-order valence-electron chi connectivity index (χ1n) is 8.69. The highest BCUT2D eigenvalue weighted by molar-refractivity contribution is 14.0. The van der Waals surface area contributed by atoms with Gasteiger partial charge in [-0.05, 0) is 59.8 Å². The summed E-state index contributed by atoms with van der Waals surface area (Å²) in [7, 11) is 0. The minimum Gasteiger partial charge on any atom is -0.460 e. The van der Waals surface area contributed by atoms with Gasteiger partial charge in [0.25, 0.3) is 0 Å². The summed E-state index contributed by atoms with van der Waals surface area (Å²) in [5.41, 5.74) is 5.49. The number of aliphatic imine (C=N–C) groups is 1. The minimum absolute atomic E-state index is 0. The second-order valence-electron chi connectivity index (χ2n) is 7.04. The van der Waals surface area contributed by atoms with Crippen LogP contribution in [0.25, 0.3) is 0 Å². The van der Waals surface area contributed by atoms with Crippen LogP contribution in [0.2, 0.25) is 0 Å². The number of nitrogens with zero attached hydrogens (tertiary/aromatic N) is 1. The first kappa shape index (κ1) is 23.4. The Morgan fingerprint density at radius 3 is 2.42 bits per heavy atom. The molecule has 0 radical (unpaired) electrons. The number of esters is 1. The summed E-state index contributed by atoms with van der Waals surface area (Å²) in [5, 5.41) is 3.25. The normalized spacial score (nSPS) is 21.8. The van der Waals surface area contributed by atoms with E-state index in [9.17, 15) is 4.79 Å². The molecule has 0 amide bonds. The standard InChI is InChI=1S/C17H33N3O3.HI/c1-5-22-12-6-11-19-16(18)20-14-9-7-13(8-10-14)15(21)23-17(2,3)4;/h13-14H,5-12H2,1-4H3,(H3,18,19,20);1H. The van der Waals surface area contributed by atoms with E-state index in [0.717, 1.165) is 38.7 Å². The van der Waals surface area contributed by atoms with Crippen LogP contribution in [0.5, 0.6) is 0 Å². The third-order valence-corrected chi connectivity index (χ3v) is 3.75. The van der Waals surface area contributed by atoms with Crippen molar-refractivity contribution in [3.63, 3.8) is 0 Å². The molecule has 3 N–H and O–H groups in total. The zero-order valence-corrected chi connectivity index (χ0v) is 17.8. The molecule has 1 saturated carbocycles. The van der Waals surface area contributed by atoms with E-state index in [-0.39, 0.29) is 35.9 Å². The third kappa shape index (κ3) is 10.3. The molecular weight excluding hydrogens is 421 g/mol. The molecule has 0 aliphatic heterocycles. The highest BCUT2D eigenvalue weighted by Crippen LogP contribution is 2.26. The SMILES string of the molecule is CCOCCCN=C(N)NC1CCC(C(=O)OC(C)(C)C)CC1.I. The molecule has 0 unspecified atom stereocenters. The summed E-state index contributed by atoms with van der Waals surface area (Å²) in [5.74, 6) is 0.423. The lowest BCUT2D eigenvalue weighted by Gasteiger charge is -2.30. The van der Waals surface area contributed by atoms with Gasteiger partial charge in [0.05, 0.1) is 5.92 Å². The van der Waals surface area contributed by atoms with Gasteiger partial charge in [-0.1, -0.05) is 0 Å². The Morgan fingerprint density at radius 2 is 1.88 bits per heavy atom. The molecule has 0 aromatic rings. The molecule has 24 heavy (non-hydrogen) atoms. The molecule has 1 aliphatic rings. The van der Waals surface area contributed by atoms with E-state index in [1.165, 1.54) is 0 Å². The summed E-state index contributed by atoms with van der Waals surface area (Å²) in [6, 6.07) is 0.296. The van der Waals surface area contributed by atoms with Crippen molar-refractivity contribution in [2.45, 2.75) is 71.4 Å². The van der Waals surface area contributed by atoms with Crippen molar-refractivity contribution in [2.75, 3.05) is 19.8 Å². The van der Waals surface area contributed by atoms with Crippen LogP contribution in [0.3, 0.4) is 0 Å². The van der Waals surface area contributed by atoms with Crippen LogP contribution < -0.4 is 11.1 Å². The fourth-order valence-electron chi connectivity index (χ4n) is 2.62. The lowest BCUT2D eigenvalue weighted by atomic mass is 9.86. The molecule has 1 fully saturated rings. The van der Waals surface area contributed by atoms with Gasteiger partial charge in [-0.15, -0.1) is 24.0 Å². The molecule has 0 bridgehead atoms. The van der Waals surface area contributed by atoms with Gasteiger partial charge in [-0.2, -0.15) is 0 Å². The van der Waals surface area contributed by atoms with Gasteiger partial charge in [-0.25, -0.2) is 0 Å². The number of nitrogens with two attached hydrogens (primary N) is 1. The average Bonchev–Trinajstić information content (AvgIpc) is 2.46. The fourth-order valence-corrected chi connectivity index (χ4v) is 2.62. The van der Waals surface area contributed by atoms with Crippen LogP contribution in [0.4, 0.5) is 0 Å². The monoisotopic (exact) mass is 455 g/mol. The lowest BCUT2D eigenvalue weighted by molar-refractivity contribution is -0.161. The Morgan fingerprint density at radius 1 is 1.25 bits per heavy atom. The Labute approximate surface area is 163 Å². The summed E-state index contributed by atoms with van der Waals surface area (Å²) >= 11 is 0. The van der Waals surface area contributed by atoms with E-state index in [1.54, 1.807) is 0 Å². The number of ether oxygens (including phenoxy) is 2.